The van der Waals surface area contributed by atoms with Gasteiger partial charge in [0.1, 0.15) is 0 Å². The first-order valence-electron chi connectivity index (χ1n) is 7.34. The van der Waals surface area contributed by atoms with Crippen LogP contribution >= 0.6 is 0 Å². The molecule has 2 heteroatoms. The normalized spacial score (nSPS) is 19.2. The maximum Gasteiger partial charge on any atom is 0.0467 e. The number of hydrogen-bond donors (Lipinski definition) is 1. The molecular formula is C15H31NO. The molecule has 0 aromatic carbocycles. The van der Waals surface area contributed by atoms with Crippen molar-refractivity contribution in [1.29, 1.82) is 0 Å². The molecule has 1 rings (SSSR count). The maximum absolute atomic E-state index is 5.16. The van der Waals surface area contributed by atoms with E-state index in [-0.39, 0.29) is 0 Å². The van der Waals surface area contributed by atoms with Crippen LogP contribution in [0.1, 0.15) is 58.8 Å². The monoisotopic (exact) mass is 241 g/mol. The second-order valence-electron chi connectivity index (χ2n) is 6.40. The predicted molar refractivity (Wildman–Crippen MR) is 74.3 cm³/mol. The highest BCUT2D eigenvalue weighted by Crippen LogP contribution is 2.23. The zero-order valence-electron chi connectivity index (χ0n) is 12.1. The van der Waals surface area contributed by atoms with Gasteiger partial charge in [-0.3, -0.25) is 0 Å². The molecule has 1 saturated carbocycles. The Morgan fingerprint density at radius 3 is 2.35 bits per heavy atom. The summed E-state index contributed by atoms with van der Waals surface area (Å²) in [5, 5.41) is 3.68. The van der Waals surface area contributed by atoms with Gasteiger partial charge in [0.05, 0.1) is 0 Å². The van der Waals surface area contributed by atoms with Gasteiger partial charge in [-0.1, -0.05) is 39.5 Å². The minimum absolute atomic E-state index is 0.362. The minimum Gasteiger partial charge on any atom is -0.385 e. The standard InChI is InChI=1S/C15H31NO/c1-15(2,10-11-17-3)13-16-12-14-8-6-4-5-7-9-14/h14,16H,4-13H2,1-3H3. The second-order valence-corrected chi connectivity index (χ2v) is 6.40. The number of hydrogen-bond acceptors (Lipinski definition) is 2. The summed E-state index contributed by atoms with van der Waals surface area (Å²) in [5.41, 5.74) is 0.362. The lowest BCUT2D eigenvalue weighted by atomic mass is 9.89. The van der Waals surface area contributed by atoms with E-state index >= 15 is 0 Å². The van der Waals surface area contributed by atoms with Crippen molar-refractivity contribution in [3.8, 4) is 0 Å². The smallest absolute Gasteiger partial charge is 0.0467 e. The molecule has 0 radical (unpaired) electrons. The Balaban J connectivity index is 2.12. The molecule has 102 valence electrons. The van der Waals surface area contributed by atoms with Crippen LogP contribution < -0.4 is 5.32 Å². The largest absolute Gasteiger partial charge is 0.385 e. The van der Waals surface area contributed by atoms with Crippen molar-refractivity contribution in [3.63, 3.8) is 0 Å². The van der Waals surface area contributed by atoms with Gasteiger partial charge in [0.15, 0.2) is 0 Å². The Labute approximate surface area is 108 Å². The molecule has 1 N–H and O–H groups in total. The summed E-state index contributed by atoms with van der Waals surface area (Å²) in [4.78, 5) is 0. The molecule has 0 heterocycles. The molecule has 1 fully saturated rings. The highest BCUT2D eigenvalue weighted by atomic mass is 16.5. The van der Waals surface area contributed by atoms with E-state index in [0.29, 0.717) is 5.41 Å². The third-order valence-electron chi connectivity index (χ3n) is 3.99. The van der Waals surface area contributed by atoms with Crippen LogP contribution in [0.4, 0.5) is 0 Å². The summed E-state index contributed by atoms with van der Waals surface area (Å²) in [6.45, 7) is 7.86. The third-order valence-corrected chi connectivity index (χ3v) is 3.99. The molecule has 1 aliphatic rings. The lowest BCUT2D eigenvalue weighted by Crippen LogP contribution is -2.33. The average Bonchev–Trinajstić information content (AvgIpc) is 2.55. The fourth-order valence-electron chi connectivity index (χ4n) is 2.65. The highest BCUT2D eigenvalue weighted by molar-refractivity contribution is 4.73. The molecule has 0 atom stereocenters. The van der Waals surface area contributed by atoms with Crippen molar-refractivity contribution in [2.45, 2.75) is 58.8 Å². The van der Waals surface area contributed by atoms with Gasteiger partial charge in [-0.25, -0.2) is 0 Å². The lowest BCUT2D eigenvalue weighted by molar-refractivity contribution is 0.150. The Kier molecular flexibility index (Phi) is 7.14. The highest BCUT2D eigenvalue weighted by Gasteiger charge is 2.18. The molecule has 0 bridgehead atoms. The van der Waals surface area contributed by atoms with Crippen LogP contribution in [0.2, 0.25) is 0 Å². The van der Waals surface area contributed by atoms with Crippen LogP contribution in [0.3, 0.4) is 0 Å². The molecule has 0 amide bonds. The van der Waals surface area contributed by atoms with Gasteiger partial charge in [-0.2, -0.15) is 0 Å². The van der Waals surface area contributed by atoms with E-state index in [0.717, 1.165) is 25.5 Å². The molecule has 0 aliphatic heterocycles. The lowest BCUT2D eigenvalue weighted by Gasteiger charge is -2.26. The molecule has 0 aromatic heterocycles. The summed E-state index contributed by atoms with van der Waals surface area (Å²) in [7, 11) is 1.79. The minimum atomic E-state index is 0.362. The number of ether oxygens (including phenoxy) is 1. The van der Waals surface area contributed by atoms with Crippen LogP contribution in [-0.4, -0.2) is 26.8 Å². The van der Waals surface area contributed by atoms with Crippen LogP contribution in [-0.2, 0) is 4.74 Å². The molecule has 1 aliphatic carbocycles. The van der Waals surface area contributed by atoms with E-state index in [4.69, 9.17) is 4.74 Å². The summed E-state index contributed by atoms with van der Waals surface area (Å²) >= 11 is 0. The van der Waals surface area contributed by atoms with Gasteiger partial charge < -0.3 is 10.1 Å². The number of nitrogens with one attached hydrogen (secondary N) is 1. The number of rotatable bonds is 7. The quantitative estimate of drug-likeness (QED) is 0.688. The van der Waals surface area contributed by atoms with Crippen LogP contribution in [0.15, 0.2) is 0 Å². The van der Waals surface area contributed by atoms with Crippen LogP contribution in [0.25, 0.3) is 0 Å². The topological polar surface area (TPSA) is 21.3 Å². The Bertz CT molecular complexity index is 183. The van der Waals surface area contributed by atoms with E-state index in [9.17, 15) is 0 Å². The van der Waals surface area contributed by atoms with Gasteiger partial charge in [0.2, 0.25) is 0 Å². The van der Waals surface area contributed by atoms with E-state index < -0.39 is 0 Å². The van der Waals surface area contributed by atoms with E-state index in [1.165, 1.54) is 45.1 Å². The fourth-order valence-corrected chi connectivity index (χ4v) is 2.65. The number of methoxy groups -OCH3 is 1. The first kappa shape index (κ1) is 15.0. The van der Waals surface area contributed by atoms with Gasteiger partial charge >= 0.3 is 0 Å². The first-order chi connectivity index (χ1) is 8.14. The van der Waals surface area contributed by atoms with Crippen molar-refractivity contribution in [3.05, 3.63) is 0 Å². The van der Waals surface area contributed by atoms with E-state index in [1.54, 1.807) is 7.11 Å². The maximum atomic E-state index is 5.16. The zero-order valence-corrected chi connectivity index (χ0v) is 12.1. The Hall–Kier alpha value is -0.0800. The average molecular weight is 241 g/mol. The third kappa shape index (κ3) is 7.05. The van der Waals surface area contributed by atoms with Crippen molar-refractivity contribution in [1.82, 2.24) is 5.32 Å². The molecule has 17 heavy (non-hydrogen) atoms. The first-order valence-corrected chi connectivity index (χ1v) is 7.34. The zero-order chi connectivity index (χ0) is 12.6. The van der Waals surface area contributed by atoms with E-state index in [1.807, 2.05) is 0 Å². The summed E-state index contributed by atoms with van der Waals surface area (Å²) in [6, 6.07) is 0. The van der Waals surface area contributed by atoms with Crippen molar-refractivity contribution < 1.29 is 4.74 Å². The van der Waals surface area contributed by atoms with Crippen molar-refractivity contribution >= 4 is 0 Å². The Morgan fingerprint density at radius 2 is 1.76 bits per heavy atom. The SMILES string of the molecule is COCCC(C)(C)CNCC1CCCCCC1. The van der Waals surface area contributed by atoms with Gasteiger partial charge in [0.25, 0.3) is 0 Å². The summed E-state index contributed by atoms with van der Waals surface area (Å²) < 4.78 is 5.16. The van der Waals surface area contributed by atoms with Crippen LogP contribution in [0.5, 0.6) is 0 Å². The van der Waals surface area contributed by atoms with Crippen LogP contribution in [0, 0.1) is 11.3 Å². The predicted octanol–water partition coefficient (Wildman–Crippen LogP) is 3.61. The van der Waals surface area contributed by atoms with Crippen molar-refractivity contribution in [2.24, 2.45) is 11.3 Å². The fraction of sp³-hybridized carbons (Fsp3) is 1.00. The molecule has 0 unspecified atom stereocenters. The molecule has 0 spiro atoms. The molecular weight excluding hydrogens is 210 g/mol. The van der Waals surface area contributed by atoms with Gasteiger partial charge in [-0.15, -0.1) is 0 Å². The summed E-state index contributed by atoms with van der Waals surface area (Å²) in [5.74, 6) is 0.927. The van der Waals surface area contributed by atoms with Gasteiger partial charge in [0, 0.05) is 20.3 Å². The molecule has 2 nitrogen and oxygen atoms in total. The van der Waals surface area contributed by atoms with Gasteiger partial charge in [-0.05, 0) is 37.1 Å². The Morgan fingerprint density at radius 1 is 1.12 bits per heavy atom. The van der Waals surface area contributed by atoms with Crippen molar-refractivity contribution in [2.75, 3.05) is 26.8 Å². The van der Waals surface area contributed by atoms with E-state index in [2.05, 4.69) is 19.2 Å². The molecule has 0 saturated heterocycles. The molecule has 0 aromatic rings. The summed E-state index contributed by atoms with van der Waals surface area (Å²) in [6.07, 6.45) is 9.81. The second kappa shape index (κ2) is 8.10.